The van der Waals surface area contributed by atoms with Crippen molar-refractivity contribution in [2.45, 2.75) is 33.2 Å². The lowest BCUT2D eigenvalue weighted by molar-refractivity contribution is -0.133. The quantitative estimate of drug-likeness (QED) is 0.622. The van der Waals surface area contributed by atoms with Crippen molar-refractivity contribution in [3.05, 3.63) is 41.7 Å². The maximum absolute atomic E-state index is 12.8. The Morgan fingerprint density at radius 1 is 1.28 bits per heavy atom. The maximum atomic E-state index is 12.8. The van der Waals surface area contributed by atoms with E-state index in [4.69, 9.17) is 12.2 Å². The minimum atomic E-state index is -0.118. The summed E-state index contributed by atoms with van der Waals surface area (Å²) in [5.74, 6) is 0.716. The standard InChI is InChI=1S/C22H26N4O2S/c1-3-26-21(28)18(23-22(26)29)12-16-13-25(19-7-5-4-6-17(16)19)14-20(27)24-10-8-15(2)9-11-24/h4-7,12-13,15H,3,8-11,14H2,1-2H3,(H,23,29)/b18-12-. The number of rotatable bonds is 4. The minimum absolute atomic E-state index is 0.118. The molecule has 2 aromatic rings. The SMILES string of the molecule is CCN1C(=O)/C(=C/c2cn(CC(=O)N3CCC(C)CC3)c3ccccc23)NC1=S. The molecule has 0 bridgehead atoms. The first kappa shape index (κ1) is 19.6. The Kier molecular flexibility index (Phi) is 5.41. The Hall–Kier alpha value is -2.67. The van der Waals surface area contributed by atoms with Crippen LogP contribution in [0, 0.1) is 5.92 Å². The van der Waals surface area contributed by atoms with Gasteiger partial charge in [0.1, 0.15) is 12.2 Å². The molecule has 3 heterocycles. The van der Waals surface area contributed by atoms with Crippen LogP contribution in [0.5, 0.6) is 0 Å². The Morgan fingerprint density at radius 3 is 2.69 bits per heavy atom. The molecule has 6 nitrogen and oxygen atoms in total. The van der Waals surface area contributed by atoms with Gasteiger partial charge in [0.05, 0.1) is 0 Å². The zero-order valence-corrected chi connectivity index (χ0v) is 17.7. The summed E-state index contributed by atoms with van der Waals surface area (Å²) in [4.78, 5) is 28.9. The molecule has 29 heavy (non-hydrogen) atoms. The van der Waals surface area contributed by atoms with E-state index in [-0.39, 0.29) is 11.8 Å². The van der Waals surface area contributed by atoms with E-state index in [1.54, 1.807) is 4.90 Å². The molecule has 2 fully saturated rings. The zero-order chi connectivity index (χ0) is 20.5. The number of hydrogen-bond acceptors (Lipinski definition) is 3. The van der Waals surface area contributed by atoms with Crippen molar-refractivity contribution in [3.63, 3.8) is 0 Å². The van der Waals surface area contributed by atoms with Gasteiger partial charge in [0.2, 0.25) is 5.91 Å². The topological polar surface area (TPSA) is 57.6 Å². The summed E-state index contributed by atoms with van der Waals surface area (Å²) in [5, 5.41) is 4.45. The summed E-state index contributed by atoms with van der Waals surface area (Å²) in [6.45, 7) is 6.64. The summed E-state index contributed by atoms with van der Waals surface area (Å²) >= 11 is 5.25. The number of carbonyl (C=O) groups excluding carboxylic acids is 2. The molecular weight excluding hydrogens is 384 g/mol. The molecule has 2 amide bonds. The average molecular weight is 411 g/mol. The van der Waals surface area contributed by atoms with E-state index in [9.17, 15) is 9.59 Å². The van der Waals surface area contributed by atoms with E-state index in [0.717, 1.165) is 42.4 Å². The lowest BCUT2D eigenvalue weighted by Crippen LogP contribution is -2.39. The highest BCUT2D eigenvalue weighted by atomic mass is 32.1. The number of nitrogens with one attached hydrogen (secondary N) is 1. The summed E-state index contributed by atoms with van der Waals surface area (Å²) in [5.41, 5.74) is 2.35. The van der Waals surface area contributed by atoms with Gasteiger partial charge in [-0.25, -0.2) is 0 Å². The summed E-state index contributed by atoms with van der Waals surface area (Å²) in [6, 6.07) is 7.96. The zero-order valence-electron chi connectivity index (χ0n) is 16.9. The summed E-state index contributed by atoms with van der Waals surface area (Å²) < 4.78 is 1.98. The minimum Gasteiger partial charge on any atom is -0.341 e. The van der Waals surface area contributed by atoms with Gasteiger partial charge in [-0.2, -0.15) is 0 Å². The van der Waals surface area contributed by atoms with Gasteiger partial charge in [-0.15, -0.1) is 0 Å². The third-order valence-electron chi connectivity index (χ3n) is 5.84. The largest absolute Gasteiger partial charge is 0.341 e. The lowest BCUT2D eigenvalue weighted by atomic mass is 9.99. The highest BCUT2D eigenvalue weighted by Crippen LogP contribution is 2.25. The van der Waals surface area contributed by atoms with Crippen LogP contribution in [0.4, 0.5) is 0 Å². The van der Waals surface area contributed by atoms with Crippen molar-refractivity contribution >= 4 is 46.1 Å². The maximum Gasteiger partial charge on any atom is 0.276 e. The molecule has 0 atom stereocenters. The number of likely N-dealkylation sites (N-methyl/N-ethyl adjacent to an activating group) is 1. The molecule has 7 heteroatoms. The first-order valence-electron chi connectivity index (χ1n) is 10.2. The molecule has 0 aliphatic carbocycles. The van der Waals surface area contributed by atoms with Gasteiger partial charge in [0, 0.05) is 42.3 Å². The number of hydrogen-bond donors (Lipinski definition) is 1. The van der Waals surface area contributed by atoms with Crippen molar-refractivity contribution in [2.75, 3.05) is 19.6 Å². The van der Waals surface area contributed by atoms with Crippen molar-refractivity contribution in [1.29, 1.82) is 0 Å². The first-order valence-corrected chi connectivity index (χ1v) is 10.6. The number of carbonyl (C=O) groups is 2. The number of nitrogens with zero attached hydrogens (tertiary/aromatic N) is 3. The van der Waals surface area contributed by atoms with Crippen molar-refractivity contribution in [1.82, 2.24) is 19.7 Å². The molecule has 1 aromatic heterocycles. The van der Waals surface area contributed by atoms with Crippen molar-refractivity contribution in [2.24, 2.45) is 5.92 Å². The number of piperidine rings is 1. The van der Waals surface area contributed by atoms with E-state index >= 15 is 0 Å². The smallest absolute Gasteiger partial charge is 0.276 e. The van der Waals surface area contributed by atoms with Gasteiger partial charge in [-0.3, -0.25) is 14.5 Å². The van der Waals surface area contributed by atoms with E-state index < -0.39 is 0 Å². The third kappa shape index (κ3) is 3.79. The van der Waals surface area contributed by atoms with Crippen LogP contribution in [-0.4, -0.2) is 50.9 Å². The predicted molar refractivity (Wildman–Crippen MR) is 118 cm³/mol. The second kappa shape index (κ2) is 7.99. The number of likely N-dealkylation sites (tertiary alicyclic amines) is 1. The number of aromatic nitrogens is 1. The number of fused-ring (bicyclic) bond motifs is 1. The van der Waals surface area contributed by atoms with Crippen molar-refractivity contribution in [3.8, 4) is 0 Å². The monoisotopic (exact) mass is 410 g/mol. The van der Waals surface area contributed by atoms with Gasteiger partial charge < -0.3 is 14.8 Å². The Labute approximate surface area is 176 Å². The highest BCUT2D eigenvalue weighted by molar-refractivity contribution is 7.80. The van der Waals surface area contributed by atoms with Crippen molar-refractivity contribution < 1.29 is 9.59 Å². The molecule has 2 saturated heterocycles. The van der Waals surface area contributed by atoms with Crippen LogP contribution in [0.3, 0.4) is 0 Å². The van der Waals surface area contributed by atoms with Crippen LogP contribution in [0.1, 0.15) is 32.3 Å². The fraction of sp³-hybridized carbons (Fsp3) is 0.409. The van der Waals surface area contributed by atoms with Crippen LogP contribution in [0.15, 0.2) is 36.2 Å². The molecule has 0 unspecified atom stereocenters. The predicted octanol–water partition coefficient (Wildman–Crippen LogP) is 2.98. The summed E-state index contributed by atoms with van der Waals surface area (Å²) in [6.07, 6.45) is 5.92. The molecule has 2 aliphatic heterocycles. The summed E-state index contributed by atoms with van der Waals surface area (Å²) in [7, 11) is 0. The fourth-order valence-electron chi connectivity index (χ4n) is 4.04. The Bertz CT molecular complexity index is 1000. The number of thiocarbonyl (C=S) groups is 1. The van der Waals surface area contributed by atoms with Crippen LogP contribution >= 0.6 is 12.2 Å². The Balaban J connectivity index is 1.62. The fourth-order valence-corrected chi connectivity index (χ4v) is 4.36. The molecule has 0 radical (unpaired) electrons. The molecule has 4 rings (SSSR count). The number of para-hydroxylation sites is 1. The van der Waals surface area contributed by atoms with Crippen LogP contribution < -0.4 is 5.32 Å². The molecule has 152 valence electrons. The molecule has 1 N–H and O–H groups in total. The van der Waals surface area contributed by atoms with Gasteiger partial charge in [-0.1, -0.05) is 25.1 Å². The molecule has 2 aliphatic rings. The van der Waals surface area contributed by atoms with Crippen LogP contribution in [-0.2, 0) is 16.1 Å². The molecule has 1 aromatic carbocycles. The number of amides is 2. The number of benzene rings is 1. The van der Waals surface area contributed by atoms with E-state index in [0.29, 0.717) is 29.8 Å². The third-order valence-corrected chi connectivity index (χ3v) is 6.16. The van der Waals surface area contributed by atoms with E-state index in [2.05, 4.69) is 12.2 Å². The second-order valence-corrected chi connectivity index (χ2v) is 8.22. The lowest BCUT2D eigenvalue weighted by Gasteiger charge is -2.30. The first-order chi connectivity index (χ1) is 14.0. The van der Waals surface area contributed by atoms with Crippen LogP contribution in [0.25, 0.3) is 17.0 Å². The highest BCUT2D eigenvalue weighted by Gasteiger charge is 2.29. The Morgan fingerprint density at radius 2 is 2.00 bits per heavy atom. The molecular formula is C22H26N4O2S. The normalized spacial score (nSPS) is 19.4. The van der Waals surface area contributed by atoms with Crippen LogP contribution in [0.2, 0.25) is 0 Å². The van der Waals surface area contributed by atoms with Gasteiger partial charge in [0.15, 0.2) is 5.11 Å². The van der Waals surface area contributed by atoms with E-state index in [1.807, 2.05) is 52.9 Å². The average Bonchev–Trinajstić information content (AvgIpc) is 3.19. The van der Waals surface area contributed by atoms with Gasteiger partial charge in [-0.05, 0) is 50.0 Å². The van der Waals surface area contributed by atoms with E-state index in [1.165, 1.54) is 0 Å². The van der Waals surface area contributed by atoms with Gasteiger partial charge >= 0.3 is 0 Å². The second-order valence-electron chi connectivity index (χ2n) is 7.83. The molecule has 0 saturated carbocycles. The molecule has 0 spiro atoms. The van der Waals surface area contributed by atoms with Gasteiger partial charge in [0.25, 0.3) is 5.91 Å².